The van der Waals surface area contributed by atoms with E-state index in [0.717, 1.165) is 0 Å². The monoisotopic (exact) mass is 404 g/mol. The van der Waals surface area contributed by atoms with Gasteiger partial charge in [-0.15, -0.1) is 0 Å². The van der Waals surface area contributed by atoms with E-state index in [2.05, 4.69) is 48.6 Å². The van der Waals surface area contributed by atoms with E-state index < -0.39 is 47.5 Å². The molecule has 2 saturated heterocycles. The summed E-state index contributed by atoms with van der Waals surface area (Å²) in [4.78, 5) is 49.4. The lowest BCUT2D eigenvalue weighted by Gasteiger charge is -2.51. The van der Waals surface area contributed by atoms with Crippen LogP contribution in [-0.4, -0.2) is 23.9 Å². The Morgan fingerprint density at radius 1 is 0.367 bits per heavy atom. The second-order valence-electron chi connectivity index (χ2n) is 9.74. The van der Waals surface area contributed by atoms with Crippen molar-refractivity contribution in [3.05, 3.63) is 48.6 Å². The number of carbonyl (C=O) groups is 4. The summed E-state index contributed by atoms with van der Waals surface area (Å²) in [7, 11) is 0. The van der Waals surface area contributed by atoms with Gasteiger partial charge in [-0.1, -0.05) is 48.6 Å². The first-order valence-corrected chi connectivity index (χ1v) is 10.8. The number of esters is 4. The van der Waals surface area contributed by atoms with Crippen LogP contribution in [-0.2, 0) is 28.7 Å². The van der Waals surface area contributed by atoms with Gasteiger partial charge < -0.3 is 9.47 Å². The minimum Gasteiger partial charge on any atom is -0.393 e. The van der Waals surface area contributed by atoms with Crippen LogP contribution in [0.3, 0.4) is 0 Å². The first kappa shape index (κ1) is 17.0. The Labute approximate surface area is 172 Å². The van der Waals surface area contributed by atoms with Crippen molar-refractivity contribution in [3.8, 4) is 0 Å². The highest BCUT2D eigenvalue weighted by molar-refractivity contribution is 5.98. The second kappa shape index (κ2) is 5.48. The molecule has 7 aliphatic carbocycles. The van der Waals surface area contributed by atoms with Crippen LogP contribution in [0.4, 0.5) is 0 Å². The van der Waals surface area contributed by atoms with E-state index in [4.69, 9.17) is 9.47 Å². The van der Waals surface area contributed by atoms with Gasteiger partial charge in [-0.05, 0) is 47.3 Å². The van der Waals surface area contributed by atoms with Crippen molar-refractivity contribution in [1.29, 1.82) is 0 Å². The summed E-state index contributed by atoms with van der Waals surface area (Å²) in [5.41, 5.74) is 0. The minimum atomic E-state index is -0.394. The Hall–Kier alpha value is -2.76. The largest absolute Gasteiger partial charge is 0.393 e. The SMILES string of the molecule is O=C1OC(=O)C2C3C=CC(C4C=CC5C(C=CC43)C3C=CC5C4C(=O)OC(=O)C34)C12. The van der Waals surface area contributed by atoms with Crippen molar-refractivity contribution in [3.63, 3.8) is 0 Å². The van der Waals surface area contributed by atoms with Crippen molar-refractivity contribution in [2.45, 2.75) is 0 Å². The zero-order valence-electron chi connectivity index (χ0n) is 16.0. The highest BCUT2D eigenvalue weighted by atomic mass is 16.6. The average Bonchev–Trinajstić information content (AvgIpc) is 3.20. The smallest absolute Gasteiger partial charge is 0.318 e. The van der Waals surface area contributed by atoms with Crippen LogP contribution in [0.5, 0.6) is 0 Å². The highest BCUT2D eigenvalue weighted by Gasteiger charge is 2.63. The van der Waals surface area contributed by atoms with Crippen molar-refractivity contribution in [2.24, 2.45) is 71.0 Å². The maximum Gasteiger partial charge on any atom is 0.318 e. The summed E-state index contributed by atoms with van der Waals surface area (Å²) >= 11 is 0. The number of hydrogen-bond donors (Lipinski definition) is 0. The lowest BCUT2D eigenvalue weighted by atomic mass is 9.50. The minimum absolute atomic E-state index is 0.0523. The number of carbonyl (C=O) groups excluding carboxylic acids is 4. The van der Waals surface area contributed by atoms with E-state index >= 15 is 0 Å². The topological polar surface area (TPSA) is 86.7 Å². The van der Waals surface area contributed by atoms with Crippen LogP contribution in [0.2, 0.25) is 0 Å². The predicted octanol–water partition coefficient (Wildman–Crippen LogP) is 1.84. The Morgan fingerprint density at radius 2 is 0.567 bits per heavy atom. The molecule has 9 rings (SSSR count). The normalized spacial score (nSPS) is 53.6. The molecule has 0 N–H and O–H groups in total. The molecule has 152 valence electrons. The number of hydrogen-bond acceptors (Lipinski definition) is 6. The van der Waals surface area contributed by atoms with Crippen molar-refractivity contribution in [1.82, 2.24) is 0 Å². The van der Waals surface area contributed by atoms with Gasteiger partial charge in [0.2, 0.25) is 0 Å². The van der Waals surface area contributed by atoms with E-state index in [9.17, 15) is 19.2 Å². The predicted molar refractivity (Wildman–Crippen MR) is 101 cm³/mol. The van der Waals surface area contributed by atoms with Gasteiger partial charge in [0.25, 0.3) is 0 Å². The average molecular weight is 404 g/mol. The summed E-state index contributed by atoms with van der Waals surface area (Å²) in [5, 5.41) is 0. The van der Waals surface area contributed by atoms with Gasteiger partial charge >= 0.3 is 23.9 Å². The van der Waals surface area contributed by atoms with E-state index in [1.54, 1.807) is 0 Å². The third-order valence-electron chi connectivity index (χ3n) is 8.81. The molecule has 0 amide bonds. The molecule has 6 heteroatoms. The zero-order chi connectivity index (χ0) is 20.3. The molecule has 30 heavy (non-hydrogen) atoms. The van der Waals surface area contributed by atoms with E-state index in [-0.39, 0.29) is 47.3 Å². The maximum absolute atomic E-state index is 12.3. The van der Waals surface area contributed by atoms with E-state index in [1.807, 2.05) is 0 Å². The molecule has 0 spiro atoms. The fourth-order valence-electron chi connectivity index (χ4n) is 7.67. The lowest BCUT2D eigenvalue weighted by Crippen LogP contribution is -2.50. The maximum atomic E-state index is 12.3. The van der Waals surface area contributed by atoms with Crippen molar-refractivity contribution in [2.75, 3.05) is 0 Å². The molecule has 4 bridgehead atoms. The summed E-state index contributed by atoms with van der Waals surface area (Å²) in [6.45, 7) is 0. The third-order valence-corrected chi connectivity index (χ3v) is 8.81. The van der Waals surface area contributed by atoms with Crippen LogP contribution in [0, 0.1) is 71.0 Å². The molecule has 0 radical (unpaired) electrons. The number of ether oxygens (including phenoxy) is 2. The van der Waals surface area contributed by atoms with Gasteiger partial charge in [-0.3, -0.25) is 19.2 Å². The van der Waals surface area contributed by atoms with Gasteiger partial charge in [0.05, 0.1) is 23.7 Å². The quantitative estimate of drug-likeness (QED) is 0.348. The zero-order valence-corrected chi connectivity index (χ0v) is 16.0. The standard InChI is InChI=1S/C24H20O6/c25-21-17-13-5-6-15(19(17)23(27)29-21)11-3-4-12-10(2-1-9(11)13)14-7-8-16(12)20-18(14)22(26)30-24(20)28/h1-20H. The van der Waals surface area contributed by atoms with Crippen molar-refractivity contribution < 1.29 is 28.7 Å². The number of rotatable bonds is 0. The molecule has 12 unspecified atom stereocenters. The molecule has 0 aromatic rings. The molecule has 0 aromatic carbocycles. The lowest BCUT2D eigenvalue weighted by molar-refractivity contribution is -0.155. The number of allylic oxidation sites excluding steroid dienone is 8. The Kier molecular flexibility index (Phi) is 3.10. The van der Waals surface area contributed by atoms with Crippen LogP contribution in [0.15, 0.2) is 48.6 Å². The first-order chi connectivity index (χ1) is 14.5. The van der Waals surface area contributed by atoms with Gasteiger partial charge in [0, 0.05) is 0 Å². The molecule has 9 aliphatic rings. The van der Waals surface area contributed by atoms with Gasteiger partial charge in [-0.2, -0.15) is 0 Å². The van der Waals surface area contributed by atoms with Gasteiger partial charge in [-0.25, -0.2) is 0 Å². The Bertz CT molecular complexity index is 874. The molecule has 2 saturated carbocycles. The molecule has 4 fully saturated rings. The molecule has 2 heterocycles. The molecule has 0 aromatic heterocycles. The summed E-state index contributed by atoms with van der Waals surface area (Å²) in [6, 6.07) is 0. The van der Waals surface area contributed by atoms with E-state index in [0.29, 0.717) is 0 Å². The third kappa shape index (κ3) is 1.86. The number of cyclic esters (lactones) is 4. The Balaban J connectivity index is 1.30. The summed E-state index contributed by atoms with van der Waals surface area (Å²) in [6.07, 6.45) is 17.1. The van der Waals surface area contributed by atoms with Gasteiger partial charge in [0.1, 0.15) is 0 Å². The van der Waals surface area contributed by atoms with E-state index in [1.165, 1.54) is 0 Å². The van der Waals surface area contributed by atoms with Gasteiger partial charge in [0.15, 0.2) is 0 Å². The Morgan fingerprint density at radius 3 is 0.800 bits per heavy atom. The molecular formula is C24H20O6. The molecule has 12 atom stereocenters. The second-order valence-corrected chi connectivity index (χ2v) is 9.74. The fraction of sp³-hybridized carbons (Fsp3) is 0.500. The fourth-order valence-corrected chi connectivity index (χ4v) is 7.67. The van der Waals surface area contributed by atoms with Crippen LogP contribution in [0.1, 0.15) is 0 Å². The molecule has 2 aliphatic heterocycles. The van der Waals surface area contributed by atoms with Crippen molar-refractivity contribution >= 4 is 23.9 Å². The van der Waals surface area contributed by atoms with Crippen LogP contribution in [0.25, 0.3) is 0 Å². The summed E-state index contributed by atoms with van der Waals surface area (Å²) in [5.74, 6) is -2.87. The van der Waals surface area contributed by atoms with Crippen LogP contribution < -0.4 is 0 Å². The first-order valence-electron chi connectivity index (χ1n) is 10.8. The highest BCUT2D eigenvalue weighted by Crippen LogP contribution is 2.59. The summed E-state index contributed by atoms with van der Waals surface area (Å²) < 4.78 is 10.0. The molecule has 6 nitrogen and oxygen atoms in total. The molecular weight excluding hydrogens is 384 g/mol. The van der Waals surface area contributed by atoms with Crippen LogP contribution >= 0.6 is 0 Å².